The van der Waals surface area contributed by atoms with Crippen molar-refractivity contribution >= 4 is 16.6 Å². The molecule has 0 spiro atoms. The number of hydrogen-bond acceptors (Lipinski definition) is 2. The number of benzene rings is 2. The number of para-hydroxylation sites is 1. The van der Waals surface area contributed by atoms with Gasteiger partial charge >= 0.3 is 0 Å². The van der Waals surface area contributed by atoms with Crippen molar-refractivity contribution in [3.8, 4) is 0 Å². The molecule has 3 rings (SSSR count). The maximum atomic E-state index is 10.5. The molecule has 1 aromatic heterocycles. The van der Waals surface area contributed by atoms with Gasteiger partial charge in [-0.3, -0.25) is 0 Å². The molecule has 0 saturated heterocycles. The zero-order valence-electron chi connectivity index (χ0n) is 14.9. The molecule has 126 valence electrons. The number of nitrogens with one attached hydrogen (secondary N) is 1. The van der Waals surface area contributed by atoms with Crippen LogP contribution in [0.3, 0.4) is 0 Å². The van der Waals surface area contributed by atoms with Crippen molar-refractivity contribution in [1.82, 2.24) is 4.57 Å². The second kappa shape index (κ2) is 6.70. The molecule has 3 heteroatoms. The number of rotatable bonds is 5. The summed E-state index contributed by atoms with van der Waals surface area (Å²) in [5.74, 6) is 0. The number of aliphatic hydroxyl groups is 1. The Balaban J connectivity index is 1.75. The van der Waals surface area contributed by atoms with Gasteiger partial charge in [-0.2, -0.15) is 0 Å². The maximum absolute atomic E-state index is 10.5. The van der Waals surface area contributed by atoms with E-state index in [4.69, 9.17) is 0 Å². The third kappa shape index (κ3) is 3.17. The summed E-state index contributed by atoms with van der Waals surface area (Å²) in [4.78, 5) is 0. The van der Waals surface area contributed by atoms with Gasteiger partial charge in [0.25, 0.3) is 0 Å². The van der Waals surface area contributed by atoms with Gasteiger partial charge < -0.3 is 15.0 Å². The lowest BCUT2D eigenvalue weighted by Crippen LogP contribution is -2.25. The molecule has 2 N–H and O–H groups in total. The van der Waals surface area contributed by atoms with Gasteiger partial charge in [0.2, 0.25) is 0 Å². The molecule has 0 unspecified atom stereocenters. The molecule has 0 fully saturated rings. The minimum atomic E-state index is -0.446. The molecule has 24 heavy (non-hydrogen) atoms. The van der Waals surface area contributed by atoms with Crippen LogP contribution in [0.2, 0.25) is 0 Å². The summed E-state index contributed by atoms with van der Waals surface area (Å²) >= 11 is 0. The van der Waals surface area contributed by atoms with E-state index in [0.717, 1.165) is 5.69 Å². The first kappa shape index (κ1) is 16.6. The Hall–Kier alpha value is -2.26. The van der Waals surface area contributed by atoms with Crippen LogP contribution in [0.4, 0.5) is 5.69 Å². The van der Waals surface area contributed by atoms with E-state index in [-0.39, 0.29) is 0 Å². The Morgan fingerprint density at radius 2 is 1.79 bits per heavy atom. The first-order chi connectivity index (χ1) is 11.5. The summed E-state index contributed by atoms with van der Waals surface area (Å²) in [6.07, 6.45) is -0.446. The van der Waals surface area contributed by atoms with Gasteiger partial charge in [-0.05, 0) is 56.5 Å². The lowest BCUT2D eigenvalue weighted by atomic mass is 10.1. The van der Waals surface area contributed by atoms with Crippen LogP contribution in [0.15, 0.2) is 42.5 Å². The average molecular weight is 322 g/mol. The number of fused-ring (bicyclic) bond motifs is 1. The molecule has 1 atom stereocenters. The van der Waals surface area contributed by atoms with Crippen LogP contribution in [0, 0.1) is 27.7 Å². The van der Waals surface area contributed by atoms with Gasteiger partial charge in [-0.25, -0.2) is 0 Å². The van der Waals surface area contributed by atoms with Crippen molar-refractivity contribution in [3.63, 3.8) is 0 Å². The highest BCUT2D eigenvalue weighted by Crippen LogP contribution is 2.25. The van der Waals surface area contributed by atoms with Gasteiger partial charge in [0.1, 0.15) is 0 Å². The van der Waals surface area contributed by atoms with Crippen molar-refractivity contribution in [1.29, 1.82) is 0 Å². The van der Waals surface area contributed by atoms with E-state index in [1.54, 1.807) is 0 Å². The Bertz CT molecular complexity index is 864. The van der Waals surface area contributed by atoms with Gasteiger partial charge in [-0.1, -0.05) is 30.3 Å². The molecular formula is C21H26N2O. The normalized spacial score (nSPS) is 12.5. The van der Waals surface area contributed by atoms with Crippen LogP contribution in [0.5, 0.6) is 0 Å². The standard InChI is InChI=1S/C21H26N2O/c1-14-9-10-15(2)20(11-14)22-12-18(24)13-23-17(4)16(3)19-7-5-6-8-21(19)23/h5-11,18,22,24H,12-13H2,1-4H3/t18-/m0/s1. The number of hydrogen-bond donors (Lipinski definition) is 2. The number of aromatic nitrogens is 1. The largest absolute Gasteiger partial charge is 0.389 e. The van der Waals surface area contributed by atoms with Crippen LogP contribution in [0.1, 0.15) is 22.4 Å². The topological polar surface area (TPSA) is 37.2 Å². The molecule has 0 aliphatic rings. The third-order valence-electron chi connectivity index (χ3n) is 4.86. The lowest BCUT2D eigenvalue weighted by Gasteiger charge is -2.17. The van der Waals surface area contributed by atoms with Gasteiger partial charge in [-0.15, -0.1) is 0 Å². The first-order valence-corrected chi connectivity index (χ1v) is 8.51. The molecule has 0 amide bonds. The molecule has 0 aliphatic heterocycles. The Labute approximate surface area is 143 Å². The predicted molar refractivity (Wildman–Crippen MR) is 102 cm³/mol. The fourth-order valence-corrected chi connectivity index (χ4v) is 3.27. The van der Waals surface area contributed by atoms with Crippen LogP contribution in [-0.4, -0.2) is 22.3 Å². The number of nitrogens with zero attached hydrogens (tertiary/aromatic N) is 1. The minimum Gasteiger partial charge on any atom is -0.389 e. The van der Waals surface area contributed by atoms with E-state index in [9.17, 15) is 5.11 Å². The molecular weight excluding hydrogens is 296 g/mol. The van der Waals surface area contributed by atoms with Crippen LogP contribution in [-0.2, 0) is 6.54 Å². The van der Waals surface area contributed by atoms with Crippen LogP contribution < -0.4 is 5.32 Å². The second-order valence-electron chi connectivity index (χ2n) is 6.69. The van der Waals surface area contributed by atoms with E-state index < -0.39 is 6.10 Å². The third-order valence-corrected chi connectivity index (χ3v) is 4.86. The molecule has 0 radical (unpaired) electrons. The van der Waals surface area contributed by atoms with E-state index in [0.29, 0.717) is 13.1 Å². The average Bonchev–Trinajstić information content (AvgIpc) is 2.81. The Morgan fingerprint density at radius 1 is 1.04 bits per heavy atom. The maximum Gasteiger partial charge on any atom is 0.0891 e. The summed E-state index contributed by atoms with van der Waals surface area (Å²) in [5.41, 5.74) is 7.23. The monoisotopic (exact) mass is 322 g/mol. The molecule has 3 aromatic rings. The van der Waals surface area contributed by atoms with Gasteiger partial charge in [0.05, 0.1) is 12.6 Å². The van der Waals surface area contributed by atoms with Crippen molar-refractivity contribution < 1.29 is 5.11 Å². The number of aryl methyl sites for hydroxylation is 3. The highest BCUT2D eigenvalue weighted by Gasteiger charge is 2.13. The molecule has 0 aliphatic carbocycles. The van der Waals surface area contributed by atoms with Gasteiger partial charge in [0.15, 0.2) is 0 Å². The molecule has 2 aromatic carbocycles. The first-order valence-electron chi connectivity index (χ1n) is 8.51. The fourth-order valence-electron chi connectivity index (χ4n) is 3.27. The van der Waals surface area contributed by atoms with E-state index in [1.807, 2.05) is 0 Å². The Kier molecular flexibility index (Phi) is 4.63. The fraction of sp³-hybridized carbons (Fsp3) is 0.333. The van der Waals surface area contributed by atoms with Gasteiger partial charge in [0, 0.05) is 28.8 Å². The zero-order valence-corrected chi connectivity index (χ0v) is 14.9. The molecule has 3 nitrogen and oxygen atoms in total. The summed E-state index contributed by atoms with van der Waals surface area (Å²) in [6.45, 7) is 9.57. The van der Waals surface area contributed by atoms with Crippen molar-refractivity contribution in [2.75, 3.05) is 11.9 Å². The van der Waals surface area contributed by atoms with Crippen molar-refractivity contribution in [2.24, 2.45) is 0 Å². The smallest absolute Gasteiger partial charge is 0.0891 e. The quantitative estimate of drug-likeness (QED) is 0.733. The molecule has 0 bridgehead atoms. The van der Waals surface area contributed by atoms with E-state index in [1.165, 1.54) is 33.3 Å². The van der Waals surface area contributed by atoms with Crippen molar-refractivity contribution in [2.45, 2.75) is 40.3 Å². The summed E-state index contributed by atoms with van der Waals surface area (Å²) < 4.78 is 2.22. The SMILES string of the molecule is Cc1ccc(C)c(NC[C@H](O)Cn2c(C)c(C)c3ccccc32)c1. The zero-order chi connectivity index (χ0) is 17.3. The second-order valence-corrected chi connectivity index (χ2v) is 6.69. The summed E-state index contributed by atoms with van der Waals surface area (Å²) in [5, 5.41) is 15.2. The van der Waals surface area contributed by atoms with Crippen LogP contribution in [0.25, 0.3) is 10.9 Å². The van der Waals surface area contributed by atoms with Crippen LogP contribution >= 0.6 is 0 Å². The van der Waals surface area contributed by atoms with E-state index >= 15 is 0 Å². The predicted octanol–water partition coefficient (Wildman–Crippen LogP) is 4.35. The number of anilines is 1. The Morgan fingerprint density at radius 3 is 2.58 bits per heavy atom. The molecule has 0 saturated carbocycles. The highest BCUT2D eigenvalue weighted by atomic mass is 16.3. The minimum absolute atomic E-state index is 0.446. The van der Waals surface area contributed by atoms with Crippen molar-refractivity contribution in [3.05, 3.63) is 64.8 Å². The summed E-state index contributed by atoms with van der Waals surface area (Å²) in [6, 6.07) is 14.7. The molecule has 1 heterocycles. The van der Waals surface area contributed by atoms with E-state index in [2.05, 4.69) is 80.0 Å². The lowest BCUT2D eigenvalue weighted by molar-refractivity contribution is 0.167. The summed E-state index contributed by atoms with van der Waals surface area (Å²) in [7, 11) is 0. The highest BCUT2D eigenvalue weighted by molar-refractivity contribution is 5.85. The number of aliphatic hydroxyl groups excluding tert-OH is 1.